The van der Waals surface area contributed by atoms with Gasteiger partial charge >= 0.3 is 0 Å². The van der Waals surface area contributed by atoms with Crippen LogP contribution in [0.5, 0.6) is 0 Å². The highest BCUT2D eigenvalue weighted by Crippen LogP contribution is 2.21. The summed E-state index contributed by atoms with van der Waals surface area (Å²) in [5.74, 6) is 0.136. The van der Waals surface area contributed by atoms with E-state index in [9.17, 15) is 4.79 Å². The molecule has 0 aromatic carbocycles. The van der Waals surface area contributed by atoms with Gasteiger partial charge in [-0.05, 0) is 38.8 Å². The molecule has 1 amide bonds. The molecule has 1 aromatic rings. The van der Waals surface area contributed by atoms with Crippen LogP contribution in [0.15, 0.2) is 12.1 Å². The van der Waals surface area contributed by atoms with Crippen LogP contribution in [0, 0.1) is 13.8 Å². The molecule has 1 atom stereocenters. The van der Waals surface area contributed by atoms with Crippen LogP contribution in [-0.4, -0.2) is 33.7 Å². The maximum absolute atomic E-state index is 12.7. The lowest BCUT2D eigenvalue weighted by Crippen LogP contribution is -2.41. The number of aromatic nitrogens is 1. The predicted molar refractivity (Wildman–Crippen MR) is 80.8 cm³/mol. The summed E-state index contributed by atoms with van der Waals surface area (Å²) in [6.07, 6.45) is 4.63. The van der Waals surface area contributed by atoms with Crippen LogP contribution in [0.25, 0.3) is 0 Å². The molecule has 104 valence electrons. The van der Waals surface area contributed by atoms with Crippen molar-refractivity contribution in [3.05, 3.63) is 29.1 Å². The van der Waals surface area contributed by atoms with Gasteiger partial charge in [0.2, 0.25) is 0 Å². The number of likely N-dealkylation sites (tertiary alicyclic amines) is 1. The third kappa shape index (κ3) is 3.35. The van der Waals surface area contributed by atoms with Crippen molar-refractivity contribution in [2.75, 3.05) is 11.9 Å². The summed E-state index contributed by atoms with van der Waals surface area (Å²) in [7, 11) is 0. The minimum absolute atomic E-state index is 0.136. The maximum atomic E-state index is 12.7. The Morgan fingerprint density at radius 1 is 1.37 bits per heavy atom. The van der Waals surface area contributed by atoms with Gasteiger partial charge in [0.1, 0.15) is 0 Å². The number of carbonyl (C=O) groups is 1. The van der Waals surface area contributed by atoms with E-state index >= 15 is 0 Å². The number of nitrogens with zero attached hydrogens (tertiary/aromatic N) is 2. The van der Waals surface area contributed by atoms with E-state index in [0.29, 0.717) is 6.04 Å². The first-order valence-electron chi connectivity index (χ1n) is 6.94. The molecule has 1 aromatic heterocycles. The quantitative estimate of drug-likeness (QED) is 0.780. The first-order chi connectivity index (χ1) is 9.13. The number of pyridine rings is 1. The molecule has 1 aliphatic heterocycles. The van der Waals surface area contributed by atoms with Crippen molar-refractivity contribution >= 4 is 21.8 Å². The topological polar surface area (TPSA) is 33.2 Å². The number of carbonyl (C=O) groups excluding carboxylic acids is 1. The van der Waals surface area contributed by atoms with Crippen molar-refractivity contribution in [2.24, 2.45) is 0 Å². The summed E-state index contributed by atoms with van der Waals surface area (Å²) in [4.78, 5) is 19.2. The highest BCUT2D eigenvalue weighted by Gasteiger charge is 2.26. The van der Waals surface area contributed by atoms with Gasteiger partial charge in [0.05, 0.1) is 11.3 Å². The van der Waals surface area contributed by atoms with Crippen molar-refractivity contribution in [3.8, 4) is 0 Å². The zero-order chi connectivity index (χ0) is 13.8. The number of hydrogen-bond donors (Lipinski definition) is 0. The molecule has 2 rings (SSSR count). The minimum atomic E-state index is 0.136. The fraction of sp³-hybridized carbons (Fsp3) is 0.600. The van der Waals surface area contributed by atoms with Crippen LogP contribution in [0.3, 0.4) is 0 Å². The zero-order valence-corrected chi connectivity index (χ0v) is 13.2. The number of alkyl halides is 1. The molecule has 1 unspecified atom stereocenters. The Balaban J connectivity index is 2.25. The van der Waals surface area contributed by atoms with E-state index in [-0.39, 0.29) is 5.91 Å². The molecule has 19 heavy (non-hydrogen) atoms. The molecule has 0 aliphatic carbocycles. The van der Waals surface area contributed by atoms with E-state index in [4.69, 9.17) is 0 Å². The molecule has 4 heteroatoms. The average molecular weight is 325 g/mol. The van der Waals surface area contributed by atoms with Gasteiger partial charge in [-0.1, -0.05) is 28.8 Å². The summed E-state index contributed by atoms with van der Waals surface area (Å²) in [6.45, 7) is 4.73. The van der Waals surface area contributed by atoms with Crippen molar-refractivity contribution in [1.29, 1.82) is 0 Å². The molecule has 1 saturated heterocycles. The normalized spacial score (nSPS) is 20.2. The largest absolute Gasteiger partial charge is 0.335 e. The SMILES string of the molecule is Cc1ccc(C(=O)N2CCCCCC2CBr)c(C)n1. The van der Waals surface area contributed by atoms with Crippen LogP contribution in [0.4, 0.5) is 0 Å². The molecule has 0 radical (unpaired) electrons. The third-order valence-corrected chi connectivity index (χ3v) is 4.52. The Morgan fingerprint density at radius 2 is 2.16 bits per heavy atom. The van der Waals surface area contributed by atoms with Crippen LogP contribution in [0.2, 0.25) is 0 Å². The van der Waals surface area contributed by atoms with Crippen molar-refractivity contribution < 1.29 is 4.79 Å². The molecule has 1 aliphatic rings. The van der Waals surface area contributed by atoms with Crippen LogP contribution in [-0.2, 0) is 0 Å². The molecule has 3 nitrogen and oxygen atoms in total. The Bertz CT molecular complexity index is 461. The van der Waals surface area contributed by atoms with Crippen molar-refractivity contribution in [2.45, 2.75) is 45.6 Å². The molecule has 0 saturated carbocycles. The summed E-state index contributed by atoms with van der Waals surface area (Å²) in [5.41, 5.74) is 2.54. The summed E-state index contributed by atoms with van der Waals surface area (Å²) >= 11 is 3.55. The minimum Gasteiger partial charge on any atom is -0.335 e. The average Bonchev–Trinajstić information content (AvgIpc) is 2.63. The number of halogens is 1. The molecular formula is C15H21BrN2O. The van der Waals surface area contributed by atoms with Gasteiger partial charge in [0, 0.05) is 23.6 Å². The second-order valence-electron chi connectivity index (χ2n) is 5.24. The zero-order valence-electron chi connectivity index (χ0n) is 11.7. The van der Waals surface area contributed by atoms with Crippen LogP contribution >= 0.6 is 15.9 Å². The lowest BCUT2D eigenvalue weighted by Gasteiger charge is -2.29. The highest BCUT2D eigenvalue weighted by atomic mass is 79.9. The number of hydrogen-bond acceptors (Lipinski definition) is 2. The van der Waals surface area contributed by atoms with Gasteiger partial charge in [-0.2, -0.15) is 0 Å². The van der Waals surface area contributed by atoms with E-state index in [2.05, 4.69) is 20.9 Å². The Hall–Kier alpha value is -0.900. The number of rotatable bonds is 2. The van der Waals surface area contributed by atoms with Crippen LogP contribution < -0.4 is 0 Å². The predicted octanol–water partition coefficient (Wildman–Crippen LogP) is 3.48. The number of amides is 1. The summed E-state index contributed by atoms with van der Waals surface area (Å²) in [6, 6.07) is 4.15. The molecular weight excluding hydrogens is 304 g/mol. The second-order valence-corrected chi connectivity index (χ2v) is 5.89. The van der Waals surface area contributed by atoms with Gasteiger partial charge in [0.25, 0.3) is 5.91 Å². The molecule has 0 spiro atoms. The van der Waals surface area contributed by atoms with E-state index in [1.807, 2.05) is 30.9 Å². The van der Waals surface area contributed by atoms with E-state index in [1.54, 1.807) is 0 Å². The van der Waals surface area contributed by atoms with Gasteiger partial charge in [0.15, 0.2) is 0 Å². The van der Waals surface area contributed by atoms with Gasteiger partial charge in [-0.15, -0.1) is 0 Å². The Kier molecular flexibility index (Phi) is 4.97. The smallest absolute Gasteiger partial charge is 0.255 e. The number of aryl methyl sites for hydroxylation is 2. The fourth-order valence-electron chi connectivity index (χ4n) is 2.67. The Morgan fingerprint density at radius 3 is 2.84 bits per heavy atom. The first-order valence-corrected chi connectivity index (χ1v) is 8.07. The van der Waals surface area contributed by atoms with E-state index in [0.717, 1.165) is 41.7 Å². The van der Waals surface area contributed by atoms with Gasteiger partial charge in [-0.25, -0.2) is 0 Å². The summed E-state index contributed by atoms with van der Waals surface area (Å²) in [5, 5.41) is 0.858. The standard InChI is InChI=1S/C15H21BrN2O/c1-11-7-8-14(12(2)17-11)15(19)18-9-5-3-4-6-13(18)10-16/h7-8,13H,3-6,9-10H2,1-2H3. The lowest BCUT2D eigenvalue weighted by atomic mass is 10.1. The first kappa shape index (κ1) is 14.5. The fourth-order valence-corrected chi connectivity index (χ4v) is 3.35. The third-order valence-electron chi connectivity index (χ3n) is 3.77. The molecule has 0 N–H and O–H groups in total. The Labute approximate surface area is 123 Å². The lowest BCUT2D eigenvalue weighted by molar-refractivity contribution is 0.0701. The monoisotopic (exact) mass is 324 g/mol. The summed E-state index contributed by atoms with van der Waals surface area (Å²) < 4.78 is 0. The maximum Gasteiger partial charge on any atom is 0.255 e. The molecule has 2 heterocycles. The molecule has 0 bridgehead atoms. The van der Waals surface area contributed by atoms with Gasteiger partial charge < -0.3 is 4.90 Å². The highest BCUT2D eigenvalue weighted by molar-refractivity contribution is 9.09. The van der Waals surface area contributed by atoms with Gasteiger partial charge in [-0.3, -0.25) is 9.78 Å². The van der Waals surface area contributed by atoms with E-state index in [1.165, 1.54) is 12.8 Å². The van der Waals surface area contributed by atoms with Crippen molar-refractivity contribution in [1.82, 2.24) is 9.88 Å². The molecule has 1 fully saturated rings. The van der Waals surface area contributed by atoms with Crippen LogP contribution in [0.1, 0.15) is 47.4 Å². The second kappa shape index (κ2) is 6.51. The van der Waals surface area contributed by atoms with E-state index < -0.39 is 0 Å². The van der Waals surface area contributed by atoms with Crippen molar-refractivity contribution in [3.63, 3.8) is 0 Å².